The fourth-order valence-corrected chi connectivity index (χ4v) is 3.76. The first-order chi connectivity index (χ1) is 15.0. The molecule has 0 aliphatic heterocycles. The Bertz CT molecular complexity index is 1310. The monoisotopic (exact) mass is 436 g/mol. The molecule has 0 saturated carbocycles. The van der Waals surface area contributed by atoms with Crippen molar-refractivity contribution in [3.63, 3.8) is 0 Å². The van der Waals surface area contributed by atoms with E-state index < -0.39 is 5.82 Å². The summed E-state index contributed by atoms with van der Waals surface area (Å²) in [6.45, 7) is 0. The summed E-state index contributed by atoms with van der Waals surface area (Å²) in [5.41, 5.74) is 1.70. The predicted octanol–water partition coefficient (Wildman–Crippen LogP) is 3.88. The molecule has 0 aliphatic carbocycles. The lowest BCUT2D eigenvalue weighted by atomic mass is 9.99. The highest BCUT2D eigenvalue weighted by molar-refractivity contribution is 7.67. The van der Waals surface area contributed by atoms with Gasteiger partial charge in [-0.15, -0.1) is 0 Å². The van der Waals surface area contributed by atoms with Crippen LogP contribution >= 0.6 is 0 Å². The Balaban J connectivity index is 1.86. The second-order valence-corrected chi connectivity index (χ2v) is 7.18. The molecule has 0 fully saturated rings. The number of nitrogens with zero attached hydrogens (tertiary/aromatic N) is 2. The van der Waals surface area contributed by atoms with E-state index in [2.05, 4.69) is 5.10 Å². The number of phenolic OH excluding ortho intramolecular Hbond substituents is 2. The first-order valence-corrected chi connectivity index (χ1v) is 9.94. The van der Waals surface area contributed by atoms with Gasteiger partial charge in [-0.1, -0.05) is 12.1 Å². The van der Waals surface area contributed by atoms with Gasteiger partial charge in [0.1, 0.15) is 28.8 Å². The number of methoxy groups -OCH3 is 1. The summed E-state index contributed by atoms with van der Waals surface area (Å²) in [5.74, 6) is -0.341. The molecule has 4 aromatic rings. The molecule has 0 saturated heterocycles. The molecule has 3 aromatic carbocycles. The Morgan fingerprint density at radius 3 is 2.45 bits per heavy atom. The average molecular weight is 436 g/mol. The summed E-state index contributed by atoms with van der Waals surface area (Å²) in [6, 6.07) is 17.2. The Kier molecular flexibility index (Phi) is 5.55. The van der Waals surface area contributed by atoms with Crippen molar-refractivity contribution in [1.29, 1.82) is 0 Å². The zero-order chi connectivity index (χ0) is 22.0. The molecule has 31 heavy (non-hydrogen) atoms. The fourth-order valence-electron chi connectivity index (χ4n) is 3.28. The van der Waals surface area contributed by atoms with Crippen LogP contribution in [0.15, 0.2) is 72.9 Å². The smallest absolute Gasteiger partial charge is 0.148 e. The third-order valence-electron chi connectivity index (χ3n) is 4.79. The second kappa shape index (κ2) is 8.45. The molecule has 0 radical (unpaired) electrons. The molecule has 2 N–H and O–H groups in total. The van der Waals surface area contributed by atoms with Gasteiger partial charge in [0, 0.05) is 17.2 Å². The van der Waals surface area contributed by atoms with Crippen molar-refractivity contribution in [2.24, 2.45) is 0 Å². The van der Waals surface area contributed by atoms with Crippen LogP contribution in [0.3, 0.4) is 0 Å². The van der Waals surface area contributed by atoms with E-state index in [4.69, 9.17) is 4.74 Å². The standard InChI is InChI=1S/C23H17FN2O4S/c1-30-15-8-6-14(7-9-15)23(31-29)17-12-16(21(27)13-22(17)28)19-10-11-25-26(19)20-5-3-2-4-18(20)24/h2-13,27-28H,1H3. The molecule has 0 spiro atoms. The number of para-hydroxylation sites is 1. The van der Waals surface area contributed by atoms with Crippen LogP contribution in [0.2, 0.25) is 0 Å². The van der Waals surface area contributed by atoms with Crippen molar-refractivity contribution in [3.8, 4) is 34.2 Å². The van der Waals surface area contributed by atoms with Crippen molar-refractivity contribution in [3.05, 3.63) is 89.9 Å². The normalized spacial score (nSPS) is 10.6. The van der Waals surface area contributed by atoms with Gasteiger partial charge in [-0.05, 0) is 54.1 Å². The van der Waals surface area contributed by atoms with Crippen LogP contribution in [0.4, 0.5) is 4.39 Å². The van der Waals surface area contributed by atoms with E-state index in [1.165, 1.54) is 23.0 Å². The van der Waals surface area contributed by atoms with Gasteiger partial charge in [0.25, 0.3) is 0 Å². The summed E-state index contributed by atoms with van der Waals surface area (Å²) in [6.07, 6.45) is 1.48. The van der Waals surface area contributed by atoms with Crippen molar-refractivity contribution < 1.29 is 23.5 Å². The number of benzene rings is 3. The Morgan fingerprint density at radius 1 is 1.03 bits per heavy atom. The van der Waals surface area contributed by atoms with E-state index in [0.717, 1.165) is 6.07 Å². The van der Waals surface area contributed by atoms with Crippen LogP contribution < -0.4 is 4.74 Å². The van der Waals surface area contributed by atoms with Crippen LogP contribution in [0, 0.1) is 5.82 Å². The minimum Gasteiger partial charge on any atom is -0.507 e. The maximum Gasteiger partial charge on any atom is 0.148 e. The van der Waals surface area contributed by atoms with E-state index in [9.17, 15) is 18.8 Å². The van der Waals surface area contributed by atoms with E-state index in [1.807, 2.05) is 0 Å². The summed E-state index contributed by atoms with van der Waals surface area (Å²) < 4.78 is 32.8. The first kappa shape index (κ1) is 20.4. The molecule has 1 aromatic heterocycles. The fraction of sp³-hybridized carbons (Fsp3) is 0.0435. The number of ether oxygens (including phenoxy) is 1. The summed E-state index contributed by atoms with van der Waals surface area (Å²) in [4.78, 5) is 0.262. The molecule has 0 aliphatic rings. The van der Waals surface area contributed by atoms with Crippen LogP contribution in [0.5, 0.6) is 17.2 Å². The van der Waals surface area contributed by atoms with Gasteiger partial charge in [0.05, 0.1) is 35.1 Å². The van der Waals surface area contributed by atoms with Crippen molar-refractivity contribution >= 4 is 16.1 Å². The molecule has 0 unspecified atom stereocenters. The van der Waals surface area contributed by atoms with Gasteiger partial charge in [-0.2, -0.15) is 5.10 Å². The van der Waals surface area contributed by atoms with E-state index >= 15 is 0 Å². The average Bonchev–Trinajstić information content (AvgIpc) is 3.25. The summed E-state index contributed by atoms with van der Waals surface area (Å²) in [7, 11) is 1.54. The molecule has 8 heteroatoms. The molecular formula is C23H17FN2O4S. The summed E-state index contributed by atoms with van der Waals surface area (Å²) >= 11 is 0.220. The highest BCUT2D eigenvalue weighted by atomic mass is 32.1. The zero-order valence-corrected chi connectivity index (χ0v) is 17.1. The lowest BCUT2D eigenvalue weighted by molar-refractivity contribution is 0.415. The number of halogens is 1. The number of hydrogen-bond acceptors (Lipinski definition) is 5. The topological polar surface area (TPSA) is 84.6 Å². The molecule has 0 bridgehead atoms. The Morgan fingerprint density at radius 2 is 1.77 bits per heavy atom. The van der Waals surface area contributed by atoms with Crippen molar-refractivity contribution in [2.75, 3.05) is 7.11 Å². The highest BCUT2D eigenvalue weighted by Crippen LogP contribution is 2.37. The van der Waals surface area contributed by atoms with Gasteiger partial charge in [-0.25, -0.2) is 13.3 Å². The summed E-state index contributed by atoms with van der Waals surface area (Å²) in [5, 5.41) is 25.2. The van der Waals surface area contributed by atoms with Crippen LogP contribution in [-0.2, 0) is 11.3 Å². The molecule has 4 rings (SSSR count). The number of hydrogen-bond donors (Lipinski definition) is 2. The molecular weight excluding hydrogens is 419 g/mol. The first-order valence-electron chi connectivity index (χ1n) is 9.20. The van der Waals surface area contributed by atoms with E-state index in [0.29, 0.717) is 17.0 Å². The minimum atomic E-state index is -0.480. The van der Waals surface area contributed by atoms with Crippen LogP contribution in [0.1, 0.15) is 11.1 Å². The van der Waals surface area contributed by atoms with Crippen LogP contribution in [0.25, 0.3) is 16.9 Å². The highest BCUT2D eigenvalue weighted by Gasteiger charge is 2.19. The molecule has 156 valence electrons. The SMILES string of the molecule is COc1ccc(C(=S=O)c2cc(-c3ccnn3-c3ccccc3F)c(O)cc2O)cc1. The number of aromatic nitrogens is 2. The quantitative estimate of drug-likeness (QED) is 0.366. The molecule has 1 heterocycles. The third-order valence-corrected chi connectivity index (χ3v) is 5.42. The van der Waals surface area contributed by atoms with E-state index in [1.54, 1.807) is 55.6 Å². The largest absolute Gasteiger partial charge is 0.507 e. The molecule has 0 amide bonds. The lowest BCUT2D eigenvalue weighted by Gasteiger charge is -2.13. The van der Waals surface area contributed by atoms with Gasteiger partial charge >= 0.3 is 0 Å². The number of aromatic hydroxyl groups is 2. The van der Waals surface area contributed by atoms with Crippen LogP contribution in [-0.4, -0.2) is 36.2 Å². The zero-order valence-electron chi connectivity index (χ0n) is 16.3. The Hall–Kier alpha value is -3.91. The van der Waals surface area contributed by atoms with Gasteiger partial charge in [0.15, 0.2) is 0 Å². The molecule has 0 atom stereocenters. The Labute approximate surface area is 180 Å². The van der Waals surface area contributed by atoms with Gasteiger partial charge in [-0.3, -0.25) is 0 Å². The van der Waals surface area contributed by atoms with E-state index in [-0.39, 0.29) is 44.4 Å². The minimum absolute atomic E-state index is 0.203. The predicted molar refractivity (Wildman–Crippen MR) is 117 cm³/mol. The van der Waals surface area contributed by atoms with Crippen molar-refractivity contribution in [2.45, 2.75) is 0 Å². The third kappa shape index (κ3) is 3.80. The van der Waals surface area contributed by atoms with Gasteiger partial charge in [0.2, 0.25) is 0 Å². The lowest BCUT2D eigenvalue weighted by Crippen LogP contribution is -2.05. The van der Waals surface area contributed by atoms with Gasteiger partial charge < -0.3 is 14.9 Å². The number of phenols is 2. The maximum atomic E-state index is 14.3. The molecule has 6 nitrogen and oxygen atoms in total. The number of rotatable bonds is 5. The van der Waals surface area contributed by atoms with Crippen molar-refractivity contribution in [1.82, 2.24) is 9.78 Å². The second-order valence-electron chi connectivity index (χ2n) is 6.61. The maximum absolute atomic E-state index is 14.3.